The van der Waals surface area contributed by atoms with E-state index in [1.807, 2.05) is 44.2 Å². The lowest BCUT2D eigenvalue weighted by Gasteiger charge is -2.13. The van der Waals surface area contributed by atoms with Crippen molar-refractivity contribution in [3.63, 3.8) is 0 Å². The van der Waals surface area contributed by atoms with Crippen molar-refractivity contribution in [3.8, 4) is 11.5 Å². The number of halogens is 1. The maximum absolute atomic E-state index is 12.8. The number of nitrogens with zero attached hydrogens (tertiary/aromatic N) is 2. The molecule has 0 radical (unpaired) electrons. The van der Waals surface area contributed by atoms with Crippen LogP contribution in [0.3, 0.4) is 0 Å². The van der Waals surface area contributed by atoms with E-state index in [-0.39, 0.29) is 18.0 Å². The molecule has 152 valence electrons. The van der Waals surface area contributed by atoms with Crippen molar-refractivity contribution in [2.45, 2.75) is 20.4 Å². The molecule has 0 aliphatic heterocycles. The van der Waals surface area contributed by atoms with Crippen LogP contribution in [0, 0.1) is 13.8 Å². The second kappa shape index (κ2) is 8.30. The number of carbonyl (C=O) groups excluding carboxylic acids is 1. The topological polar surface area (TPSA) is 73.2 Å². The van der Waals surface area contributed by atoms with Crippen LogP contribution in [0.1, 0.15) is 10.4 Å². The van der Waals surface area contributed by atoms with E-state index in [2.05, 4.69) is 10.3 Å². The Hall–Kier alpha value is -3.16. The van der Waals surface area contributed by atoms with E-state index in [0.717, 1.165) is 10.4 Å². The average molecular weight is 440 g/mol. The summed E-state index contributed by atoms with van der Waals surface area (Å²) in [5.74, 6) is 0.691. The molecule has 6 nitrogen and oxygen atoms in total. The van der Waals surface area contributed by atoms with E-state index in [0.29, 0.717) is 32.4 Å². The second-order valence-corrected chi connectivity index (χ2v) is 8.38. The number of fused-ring (bicyclic) bond motifs is 1. The molecule has 0 fully saturated rings. The number of nitrogens with one attached hydrogen (secondary N) is 1. The molecule has 1 N–H and O–H groups in total. The Morgan fingerprint density at radius 3 is 2.73 bits per heavy atom. The molecule has 0 saturated heterocycles. The van der Waals surface area contributed by atoms with E-state index in [4.69, 9.17) is 16.3 Å². The summed E-state index contributed by atoms with van der Waals surface area (Å²) in [6.07, 6.45) is 1.40. The molecule has 2 heterocycles. The number of aromatic nitrogens is 2. The minimum atomic E-state index is -0.386. The summed E-state index contributed by atoms with van der Waals surface area (Å²) < 4.78 is 7.17. The largest absolute Gasteiger partial charge is 0.455 e. The Morgan fingerprint density at radius 2 is 1.97 bits per heavy atom. The van der Waals surface area contributed by atoms with Crippen LogP contribution in [0.15, 0.2) is 59.7 Å². The van der Waals surface area contributed by atoms with Crippen molar-refractivity contribution in [3.05, 3.63) is 80.7 Å². The minimum absolute atomic E-state index is 0.173. The predicted octanol–water partition coefficient (Wildman–Crippen LogP) is 5.16. The van der Waals surface area contributed by atoms with Crippen LogP contribution in [0.4, 0.5) is 5.69 Å². The SMILES string of the molecule is Cc1sc2ncn(CC(=O)Nc3cc(Cl)ccc3Oc3ccccc3)c(=O)c2c1C. The third-order valence-corrected chi connectivity index (χ3v) is 6.01. The van der Waals surface area contributed by atoms with Gasteiger partial charge < -0.3 is 10.1 Å². The molecular formula is C22H18ClN3O3S. The van der Waals surface area contributed by atoms with Gasteiger partial charge in [-0.15, -0.1) is 11.3 Å². The highest BCUT2D eigenvalue weighted by molar-refractivity contribution is 7.18. The molecule has 1 amide bonds. The maximum atomic E-state index is 12.8. The molecule has 0 aliphatic carbocycles. The Labute approximate surface area is 181 Å². The molecule has 0 bridgehead atoms. The predicted molar refractivity (Wildman–Crippen MR) is 120 cm³/mol. The summed E-state index contributed by atoms with van der Waals surface area (Å²) in [4.78, 5) is 31.5. The fourth-order valence-electron chi connectivity index (χ4n) is 3.03. The molecule has 2 aromatic heterocycles. The number of amides is 1. The number of anilines is 1. The van der Waals surface area contributed by atoms with Crippen LogP contribution in [0.25, 0.3) is 10.2 Å². The Kier molecular flexibility index (Phi) is 5.57. The van der Waals surface area contributed by atoms with E-state index >= 15 is 0 Å². The fraction of sp³-hybridized carbons (Fsp3) is 0.136. The first kappa shape index (κ1) is 20.1. The van der Waals surface area contributed by atoms with Crippen LogP contribution < -0.4 is 15.6 Å². The van der Waals surface area contributed by atoms with Gasteiger partial charge in [-0.05, 0) is 49.7 Å². The van der Waals surface area contributed by atoms with Gasteiger partial charge in [0, 0.05) is 9.90 Å². The van der Waals surface area contributed by atoms with Crippen LogP contribution in [0.5, 0.6) is 11.5 Å². The highest BCUT2D eigenvalue weighted by atomic mass is 35.5. The normalized spacial score (nSPS) is 10.9. The fourth-order valence-corrected chi connectivity index (χ4v) is 4.19. The van der Waals surface area contributed by atoms with Crippen LogP contribution in [-0.4, -0.2) is 15.5 Å². The average Bonchev–Trinajstić information content (AvgIpc) is 3.01. The molecule has 0 unspecified atom stereocenters. The third-order valence-electron chi connectivity index (χ3n) is 4.66. The summed E-state index contributed by atoms with van der Waals surface area (Å²) in [6, 6.07) is 14.2. The summed E-state index contributed by atoms with van der Waals surface area (Å²) in [5.41, 5.74) is 1.08. The van der Waals surface area contributed by atoms with Crippen molar-refractivity contribution in [1.82, 2.24) is 9.55 Å². The van der Waals surface area contributed by atoms with Gasteiger partial charge in [-0.2, -0.15) is 0 Å². The van der Waals surface area contributed by atoms with Gasteiger partial charge in [0.05, 0.1) is 17.4 Å². The smallest absolute Gasteiger partial charge is 0.262 e. The molecule has 0 saturated carbocycles. The number of thiophene rings is 1. The van der Waals surface area contributed by atoms with E-state index in [9.17, 15) is 9.59 Å². The first-order valence-corrected chi connectivity index (χ1v) is 10.4. The molecule has 0 spiro atoms. The lowest BCUT2D eigenvalue weighted by Crippen LogP contribution is -2.28. The standard InChI is InChI=1S/C22H18ClN3O3S/c1-13-14(2)30-21-20(13)22(28)26(12-24-21)11-19(27)25-17-10-15(23)8-9-18(17)29-16-6-4-3-5-7-16/h3-10,12H,11H2,1-2H3,(H,25,27). The lowest BCUT2D eigenvalue weighted by atomic mass is 10.2. The van der Waals surface area contributed by atoms with Gasteiger partial charge in [0.1, 0.15) is 17.1 Å². The second-order valence-electron chi connectivity index (χ2n) is 6.74. The highest BCUT2D eigenvalue weighted by Crippen LogP contribution is 2.32. The number of hydrogen-bond donors (Lipinski definition) is 1. The van der Waals surface area contributed by atoms with Gasteiger partial charge in [0.25, 0.3) is 5.56 Å². The lowest BCUT2D eigenvalue weighted by molar-refractivity contribution is -0.116. The van der Waals surface area contributed by atoms with Crippen LogP contribution >= 0.6 is 22.9 Å². The number of para-hydroxylation sites is 1. The van der Waals surface area contributed by atoms with Gasteiger partial charge in [-0.25, -0.2) is 4.98 Å². The molecule has 4 rings (SSSR count). The molecule has 0 aliphatic rings. The number of carbonyl (C=O) groups is 1. The molecule has 30 heavy (non-hydrogen) atoms. The molecule has 4 aromatic rings. The minimum Gasteiger partial charge on any atom is -0.455 e. The quantitative estimate of drug-likeness (QED) is 0.466. The van der Waals surface area contributed by atoms with Crippen LogP contribution in [0.2, 0.25) is 5.02 Å². The summed E-state index contributed by atoms with van der Waals surface area (Å²) in [6.45, 7) is 3.67. The van der Waals surface area contributed by atoms with Gasteiger partial charge in [-0.3, -0.25) is 14.2 Å². The Bertz CT molecular complexity index is 1300. The maximum Gasteiger partial charge on any atom is 0.262 e. The number of rotatable bonds is 5. The van der Waals surface area contributed by atoms with Crippen molar-refractivity contribution in [1.29, 1.82) is 0 Å². The van der Waals surface area contributed by atoms with Crippen molar-refractivity contribution < 1.29 is 9.53 Å². The van der Waals surface area contributed by atoms with Gasteiger partial charge in [0.2, 0.25) is 5.91 Å². The molecule has 0 atom stereocenters. The Balaban J connectivity index is 1.58. The number of ether oxygens (including phenoxy) is 1. The summed E-state index contributed by atoms with van der Waals surface area (Å²) in [5, 5.41) is 3.79. The highest BCUT2D eigenvalue weighted by Gasteiger charge is 2.15. The van der Waals surface area contributed by atoms with E-state index < -0.39 is 0 Å². The van der Waals surface area contributed by atoms with Gasteiger partial charge in [-0.1, -0.05) is 29.8 Å². The van der Waals surface area contributed by atoms with Gasteiger partial charge in [0.15, 0.2) is 5.75 Å². The first-order chi connectivity index (χ1) is 14.4. The zero-order valence-corrected chi connectivity index (χ0v) is 17.9. The Morgan fingerprint density at radius 1 is 1.20 bits per heavy atom. The van der Waals surface area contributed by atoms with Crippen molar-refractivity contribution in [2.24, 2.45) is 0 Å². The van der Waals surface area contributed by atoms with Crippen molar-refractivity contribution in [2.75, 3.05) is 5.32 Å². The summed E-state index contributed by atoms with van der Waals surface area (Å²) >= 11 is 7.57. The number of hydrogen-bond acceptors (Lipinski definition) is 5. The molecular weight excluding hydrogens is 422 g/mol. The summed E-state index contributed by atoms with van der Waals surface area (Å²) in [7, 11) is 0. The zero-order chi connectivity index (χ0) is 21.3. The van der Waals surface area contributed by atoms with E-state index in [1.54, 1.807) is 18.2 Å². The first-order valence-electron chi connectivity index (χ1n) is 9.20. The number of benzene rings is 2. The monoisotopic (exact) mass is 439 g/mol. The van der Waals surface area contributed by atoms with Gasteiger partial charge >= 0.3 is 0 Å². The molecule has 8 heteroatoms. The van der Waals surface area contributed by atoms with E-state index in [1.165, 1.54) is 22.2 Å². The third kappa shape index (κ3) is 4.08. The van der Waals surface area contributed by atoms with Crippen molar-refractivity contribution >= 4 is 44.7 Å². The zero-order valence-electron chi connectivity index (χ0n) is 16.3. The molecule has 2 aromatic carbocycles. The number of aryl methyl sites for hydroxylation is 2. The van der Waals surface area contributed by atoms with Crippen LogP contribution in [-0.2, 0) is 11.3 Å².